The van der Waals surface area contributed by atoms with Crippen LogP contribution in [0.4, 0.5) is 0 Å². The standard InChI is InChI=1S/C5H5N5O/c1-3-4(11)10-5(9-8-3)6-2-7-10/h2H,1H3,(H,6,7,9). The molecular weight excluding hydrogens is 146 g/mol. The van der Waals surface area contributed by atoms with Crippen LogP contribution in [0.1, 0.15) is 5.69 Å². The lowest BCUT2D eigenvalue weighted by Crippen LogP contribution is -2.19. The molecule has 0 aliphatic heterocycles. The van der Waals surface area contributed by atoms with Crippen molar-refractivity contribution in [3.8, 4) is 0 Å². The van der Waals surface area contributed by atoms with Crippen LogP contribution in [-0.4, -0.2) is 24.8 Å². The molecule has 6 heteroatoms. The third-order valence-corrected chi connectivity index (χ3v) is 1.37. The van der Waals surface area contributed by atoms with Crippen LogP contribution in [0.2, 0.25) is 0 Å². The smallest absolute Gasteiger partial charge is 0.277 e. The molecule has 0 aromatic carbocycles. The molecule has 0 aliphatic rings. The summed E-state index contributed by atoms with van der Waals surface area (Å²) in [6.07, 6.45) is 1.39. The number of hydrogen-bond donors (Lipinski definition) is 1. The number of aromatic amines is 1. The lowest BCUT2D eigenvalue weighted by atomic mass is 10.5. The van der Waals surface area contributed by atoms with Gasteiger partial charge in [0.1, 0.15) is 12.0 Å². The molecule has 0 saturated heterocycles. The number of H-pyrrole nitrogens is 1. The van der Waals surface area contributed by atoms with E-state index < -0.39 is 0 Å². The summed E-state index contributed by atoms with van der Waals surface area (Å²) in [6, 6.07) is 0. The molecule has 0 spiro atoms. The summed E-state index contributed by atoms with van der Waals surface area (Å²) in [5.41, 5.74) is 0.138. The van der Waals surface area contributed by atoms with Gasteiger partial charge in [0.15, 0.2) is 0 Å². The van der Waals surface area contributed by atoms with E-state index in [9.17, 15) is 4.79 Å². The average molecular weight is 151 g/mol. The van der Waals surface area contributed by atoms with E-state index in [4.69, 9.17) is 0 Å². The van der Waals surface area contributed by atoms with Gasteiger partial charge < -0.3 is 0 Å². The van der Waals surface area contributed by atoms with E-state index in [2.05, 4.69) is 20.3 Å². The lowest BCUT2D eigenvalue weighted by molar-refractivity contribution is 0.823. The molecule has 0 radical (unpaired) electrons. The van der Waals surface area contributed by atoms with E-state index in [-0.39, 0.29) is 5.56 Å². The second kappa shape index (κ2) is 1.88. The Hall–Kier alpha value is -1.72. The molecule has 2 rings (SSSR count). The van der Waals surface area contributed by atoms with Gasteiger partial charge in [-0.1, -0.05) is 0 Å². The molecule has 1 N–H and O–H groups in total. The second-order valence-electron chi connectivity index (χ2n) is 2.11. The Kier molecular flexibility index (Phi) is 1.03. The van der Waals surface area contributed by atoms with Crippen molar-refractivity contribution in [1.82, 2.24) is 24.8 Å². The van der Waals surface area contributed by atoms with Crippen molar-refractivity contribution in [2.24, 2.45) is 0 Å². The van der Waals surface area contributed by atoms with Gasteiger partial charge in [0.2, 0.25) is 0 Å². The van der Waals surface area contributed by atoms with Crippen molar-refractivity contribution < 1.29 is 0 Å². The van der Waals surface area contributed by atoms with Gasteiger partial charge in [-0.25, -0.2) is 0 Å². The summed E-state index contributed by atoms with van der Waals surface area (Å²) in [4.78, 5) is 14.9. The predicted molar refractivity (Wildman–Crippen MR) is 36.1 cm³/mol. The highest BCUT2D eigenvalue weighted by Gasteiger charge is 2.01. The Bertz CT molecular complexity index is 441. The van der Waals surface area contributed by atoms with Crippen LogP contribution >= 0.6 is 0 Å². The van der Waals surface area contributed by atoms with Crippen LogP contribution in [0.5, 0.6) is 0 Å². The van der Waals surface area contributed by atoms with E-state index in [0.29, 0.717) is 11.5 Å². The van der Waals surface area contributed by atoms with Gasteiger partial charge in [0.05, 0.1) is 0 Å². The van der Waals surface area contributed by atoms with Crippen molar-refractivity contribution in [2.45, 2.75) is 6.92 Å². The maximum absolute atomic E-state index is 11.2. The number of nitrogens with zero attached hydrogens (tertiary/aromatic N) is 4. The predicted octanol–water partition coefficient (Wildman–Crippen LogP) is -0.879. The summed E-state index contributed by atoms with van der Waals surface area (Å²) < 4.78 is 1.24. The van der Waals surface area contributed by atoms with Crippen LogP contribution in [0.3, 0.4) is 0 Å². The Morgan fingerprint density at radius 3 is 3.18 bits per heavy atom. The Morgan fingerprint density at radius 2 is 2.36 bits per heavy atom. The van der Waals surface area contributed by atoms with E-state index >= 15 is 0 Å². The number of aromatic nitrogens is 5. The monoisotopic (exact) mass is 151 g/mol. The van der Waals surface area contributed by atoms with Crippen molar-refractivity contribution in [1.29, 1.82) is 0 Å². The highest BCUT2D eigenvalue weighted by molar-refractivity contribution is 5.21. The van der Waals surface area contributed by atoms with E-state index in [1.807, 2.05) is 0 Å². The van der Waals surface area contributed by atoms with Crippen LogP contribution in [0, 0.1) is 6.92 Å². The molecule has 6 nitrogen and oxygen atoms in total. The molecule has 0 aliphatic carbocycles. The first-order chi connectivity index (χ1) is 5.29. The highest BCUT2D eigenvalue weighted by atomic mass is 16.1. The summed E-state index contributed by atoms with van der Waals surface area (Å²) >= 11 is 0. The molecule has 0 unspecified atom stereocenters. The van der Waals surface area contributed by atoms with Gasteiger partial charge in [-0.15, -0.1) is 10.2 Å². The minimum Gasteiger partial charge on any atom is -0.277 e. The Balaban J connectivity index is 3.05. The van der Waals surface area contributed by atoms with Crippen LogP contribution < -0.4 is 5.56 Å². The zero-order chi connectivity index (χ0) is 7.84. The SMILES string of the molecule is Cc1nnc2nc[nH]n2c1=O. The highest BCUT2D eigenvalue weighted by Crippen LogP contribution is 1.84. The maximum atomic E-state index is 11.2. The zero-order valence-corrected chi connectivity index (χ0v) is 5.77. The first-order valence-electron chi connectivity index (χ1n) is 3.04. The lowest BCUT2D eigenvalue weighted by Gasteiger charge is -1.89. The number of nitrogens with one attached hydrogen (secondary N) is 1. The quantitative estimate of drug-likeness (QED) is 0.530. The molecule has 11 heavy (non-hydrogen) atoms. The van der Waals surface area contributed by atoms with Crippen LogP contribution in [-0.2, 0) is 0 Å². The molecule has 0 saturated carbocycles. The summed E-state index contributed by atoms with van der Waals surface area (Å²) in [6.45, 7) is 1.60. The molecule has 2 aromatic rings. The zero-order valence-electron chi connectivity index (χ0n) is 5.77. The first-order valence-corrected chi connectivity index (χ1v) is 3.04. The largest absolute Gasteiger partial charge is 0.295 e. The minimum atomic E-state index is -0.215. The van der Waals surface area contributed by atoms with Crippen molar-refractivity contribution in [2.75, 3.05) is 0 Å². The summed E-state index contributed by atoms with van der Waals surface area (Å²) in [5, 5.41) is 9.90. The van der Waals surface area contributed by atoms with Crippen molar-refractivity contribution in [3.05, 3.63) is 22.4 Å². The normalized spacial score (nSPS) is 10.6. The van der Waals surface area contributed by atoms with Gasteiger partial charge in [-0.05, 0) is 6.92 Å². The summed E-state index contributed by atoms with van der Waals surface area (Å²) in [7, 11) is 0. The number of aryl methyl sites for hydroxylation is 1. The topological polar surface area (TPSA) is 75.9 Å². The van der Waals surface area contributed by atoms with Gasteiger partial charge in [0, 0.05) is 0 Å². The fraction of sp³-hybridized carbons (Fsp3) is 0.200. The molecule has 0 amide bonds. The molecule has 2 heterocycles. The van der Waals surface area contributed by atoms with E-state index in [1.54, 1.807) is 6.92 Å². The molecular formula is C5H5N5O. The summed E-state index contributed by atoms with van der Waals surface area (Å²) in [5.74, 6) is 0.292. The molecule has 0 fully saturated rings. The molecule has 2 aromatic heterocycles. The third kappa shape index (κ3) is 0.721. The van der Waals surface area contributed by atoms with Gasteiger partial charge in [-0.2, -0.15) is 9.50 Å². The van der Waals surface area contributed by atoms with Crippen LogP contribution in [0.15, 0.2) is 11.1 Å². The van der Waals surface area contributed by atoms with Gasteiger partial charge in [-0.3, -0.25) is 9.89 Å². The van der Waals surface area contributed by atoms with Crippen molar-refractivity contribution in [3.63, 3.8) is 0 Å². The number of fused-ring (bicyclic) bond motifs is 1. The Morgan fingerprint density at radius 1 is 1.55 bits per heavy atom. The van der Waals surface area contributed by atoms with Gasteiger partial charge >= 0.3 is 0 Å². The fourth-order valence-corrected chi connectivity index (χ4v) is 0.804. The van der Waals surface area contributed by atoms with E-state index in [0.717, 1.165) is 0 Å². The molecule has 0 bridgehead atoms. The Labute approximate surface area is 60.9 Å². The fourth-order valence-electron chi connectivity index (χ4n) is 0.804. The maximum Gasteiger partial charge on any atom is 0.295 e. The van der Waals surface area contributed by atoms with E-state index in [1.165, 1.54) is 10.8 Å². The first kappa shape index (κ1) is 6.02. The van der Waals surface area contributed by atoms with Gasteiger partial charge in [0.25, 0.3) is 11.3 Å². The number of rotatable bonds is 0. The molecule has 0 atom stereocenters. The average Bonchev–Trinajstić information content (AvgIpc) is 2.45. The number of hydrogen-bond acceptors (Lipinski definition) is 4. The second-order valence-corrected chi connectivity index (χ2v) is 2.11. The van der Waals surface area contributed by atoms with Crippen molar-refractivity contribution >= 4 is 5.78 Å². The van der Waals surface area contributed by atoms with Crippen LogP contribution in [0.25, 0.3) is 5.78 Å². The minimum absolute atomic E-state index is 0.215. The molecule has 56 valence electrons. The third-order valence-electron chi connectivity index (χ3n) is 1.37.